The van der Waals surface area contributed by atoms with E-state index in [4.69, 9.17) is 11.8 Å². The van der Waals surface area contributed by atoms with Gasteiger partial charge in [-0.25, -0.2) is 0 Å². The monoisotopic (exact) mass is 361 g/mol. The third-order valence-corrected chi connectivity index (χ3v) is 8.74. The SMILES string of the molecule is N#C/C(=C(/O)c1ccccc1)P(=S)(c1ccccc1)c1ccccc1. The molecule has 25 heavy (non-hydrogen) atoms. The molecule has 3 aromatic rings. The smallest absolute Gasteiger partial charge is 0.142 e. The fourth-order valence-corrected chi connectivity index (χ4v) is 6.37. The highest BCUT2D eigenvalue weighted by Gasteiger charge is 2.30. The lowest BCUT2D eigenvalue weighted by atomic mass is 10.2. The van der Waals surface area contributed by atoms with Crippen molar-refractivity contribution in [2.45, 2.75) is 0 Å². The molecule has 122 valence electrons. The molecule has 3 rings (SSSR count). The second kappa shape index (κ2) is 7.49. The van der Waals surface area contributed by atoms with Crippen LogP contribution in [-0.2, 0) is 11.8 Å². The Morgan fingerprint density at radius 1 is 0.760 bits per heavy atom. The molecule has 0 aliphatic carbocycles. The summed E-state index contributed by atoms with van der Waals surface area (Å²) in [6, 6.07) is 27.9. The summed E-state index contributed by atoms with van der Waals surface area (Å²) in [5.74, 6) is -0.0425. The first-order valence-electron chi connectivity index (χ1n) is 7.78. The highest BCUT2D eigenvalue weighted by Crippen LogP contribution is 2.53. The largest absolute Gasteiger partial charge is 0.506 e. The van der Waals surface area contributed by atoms with E-state index in [1.807, 2.05) is 78.9 Å². The second-order valence-corrected chi connectivity index (χ2v) is 9.80. The number of benzene rings is 3. The Balaban J connectivity index is 2.32. The van der Waals surface area contributed by atoms with Crippen molar-refractivity contribution < 1.29 is 5.11 Å². The van der Waals surface area contributed by atoms with Crippen LogP contribution in [0.5, 0.6) is 0 Å². The van der Waals surface area contributed by atoms with Crippen molar-refractivity contribution in [1.82, 2.24) is 0 Å². The number of hydrogen-bond donors (Lipinski definition) is 1. The van der Waals surface area contributed by atoms with Gasteiger partial charge in [0.05, 0.1) is 6.04 Å². The van der Waals surface area contributed by atoms with E-state index in [1.165, 1.54) is 0 Å². The molecule has 0 radical (unpaired) electrons. The van der Waals surface area contributed by atoms with Crippen LogP contribution in [0, 0.1) is 11.3 Å². The van der Waals surface area contributed by atoms with Gasteiger partial charge in [0.25, 0.3) is 0 Å². The Hall–Kier alpha value is -2.66. The molecule has 0 saturated heterocycles. The Morgan fingerprint density at radius 2 is 1.16 bits per heavy atom. The van der Waals surface area contributed by atoms with Crippen molar-refractivity contribution in [1.29, 1.82) is 5.26 Å². The summed E-state index contributed by atoms with van der Waals surface area (Å²) >= 11 is 6.10. The minimum absolute atomic E-state index is 0.0425. The molecular weight excluding hydrogens is 345 g/mol. The maximum Gasteiger partial charge on any atom is 0.142 e. The van der Waals surface area contributed by atoms with Crippen molar-refractivity contribution in [3.05, 3.63) is 102 Å². The van der Waals surface area contributed by atoms with Crippen molar-refractivity contribution >= 4 is 34.2 Å². The van der Waals surface area contributed by atoms with Gasteiger partial charge in [0.1, 0.15) is 17.1 Å². The molecule has 0 aliphatic heterocycles. The molecule has 0 saturated carbocycles. The van der Waals surface area contributed by atoms with Gasteiger partial charge in [0.15, 0.2) is 0 Å². The Kier molecular flexibility index (Phi) is 5.14. The van der Waals surface area contributed by atoms with Crippen LogP contribution in [0.25, 0.3) is 5.76 Å². The van der Waals surface area contributed by atoms with Crippen LogP contribution in [0.1, 0.15) is 5.56 Å². The van der Waals surface area contributed by atoms with Crippen molar-refractivity contribution in [3.8, 4) is 6.07 Å². The molecule has 1 N–H and O–H groups in total. The van der Waals surface area contributed by atoms with Crippen molar-refractivity contribution in [3.63, 3.8) is 0 Å². The van der Waals surface area contributed by atoms with E-state index < -0.39 is 6.04 Å². The summed E-state index contributed by atoms with van der Waals surface area (Å²) in [5, 5.41) is 22.8. The lowest BCUT2D eigenvalue weighted by Gasteiger charge is -2.23. The predicted molar refractivity (Wildman–Crippen MR) is 108 cm³/mol. The number of nitriles is 1. The normalized spacial score (nSPS) is 12.1. The zero-order chi connectivity index (χ0) is 17.7. The maximum atomic E-state index is 10.9. The Morgan fingerprint density at radius 3 is 1.56 bits per heavy atom. The van der Waals surface area contributed by atoms with Crippen LogP contribution in [-0.4, -0.2) is 5.11 Å². The summed E-state index contributed by atoms with van der Waals surface area (Å²) in [6.45, 7) is 0. The zero-order valence-electron chi connectivity index (χ0n) is 13.4. The molecule has 4 heteroatoms. The molecular formula is C21H16NOPS. The highest BCUT2D eigenvalue weighted by molar-refractivity contribution is 8.24. The maximum absolute atomic E-state index is 10.9. The van der Waals surface area contributed by atoms with Gasteiger partial charge >= 0.3 is 0 Å². The van der Waals surface area contributed by atoms with Gasteiger partial charge in [0.2, 0.25) is 0 Å². The average molecular weight is 361 g/mol. The van der Waals surface area contributed by atoms with Crippen LogP contribution < -0.4 is 10.6 Å². The third kappa shape index (κ3) is 3.28. The number of nitrogens with zero attached hydrogens (tertiary/aromatic N) is 1. The zero-order valence-corrected chi connectivity index (χ0v) is 15.1. The fraction of sp³-hybridized carbons (Fsp3) is 0. The minimum Gasteiger partial charge on any atom is -0.506 e. The lowest BCUT2D eigenvalue weighted by Crippen LogP contribution is -2.17. The van der Waals surface area contributed by atoms with E-state index in [-0.39, 0.29) is 11.1 Å². The number of rotatable bonds is 4. The highest BCUT2D eigenvalue weighted by atomic mass is 32.4. The van der Waals surface area contributed by atoms with Gasteiger partial charge in [-0.2, -0.15) is 5.26 Å². The fourth-order valence-electron chi connectivity index (χ4n) is 2.69. The molecule has 0 fully saturated rings. The molecule has 0 aliphatic rings. The quantitative estimate of drug-likeness (QED) is 0.421. The van der Waals surface area contributed by atoms with Gasteiger partial charge in [0, 0.05) is 5.56 Å². The summed E-state index contributed by atoms with van der Waals surface area (Å²) in [5.41, 5.74) is 0.597. The van der Waals surface area contributed by atoms with E-state index in [2.05, 4.69) is 6.07 Å². The molecule has 0 atom stereocenters. The summed E-state index contributed by atoms with van der Waals surface area (Å²) in [4.78, 5) is 0. The summed E-state index contributed by atoms with van der Waals surface area (Å²) < 4.78 is 0. The van der Waals surface area contributed by atoms with Crippen LogP contribution in [0.2, 0.25) is 0 Å². The number of hydrogen-bond acceptors (Lipinski definition) is 3. The molecule has 3 aromatic carbocycles. The predicted octanol–water partition coefficient (Wildman–Crippen LogP) is 4.57. The standard InChI is InChI=1S/C21H16NOPS/c22-16-20(21(23)17-10-4-1-5-11-17)24(25,18-12-6-2-7-13-18)19-14-8-3-9-15-19/h1-15,23H/b21-20-. The van der Waals surface area contributed by atoms with Gasteiger partial charge in [-0.05, 0) is 10.6 Å². The Labute approximate surface area is 152 Å². The van der Waals surface area contributed by atoms with Crippen molar-refractivity contribution in [2.75, 3.05) is 0 Å². The van der Waals surface area contributed by atoms with Gasteiger partial charge < -0.3 is 5.11 Å². The van der Waals surface area contributed by atoms with E-state index in [0.29, 0.717) is 5.56 Å². The molecule has 2 nitrogen and oxygen atoms in total. The van der Waals surface area contributed by atoms with Gasteiger partial charge in [-0.3, -0.25) is 0 Å². The molecule has 0 bridgehead atoms. The van der Waals surface area contributed by atoms with Crippen LogP contribution in [0.3, 0.4) is 0 Å². The molecule has 0 amide bonds. The van der Waals surface area contributed by atoms with E-state index in [1.54, 1.807) is 12.1 Å². The molecule has 0 heterocycles. The van der Waals surface area contributed by atoms with E-state index >= 15 is 0 Å². The first-order chi connectivity index (χ1) is 12.2. The van der Waals surface area contributed by atoms with E-state index in [0.717, 1.165) is 10.6 Å². The minimum atomic E-state index is -2.65. The first-order valence-corrected chi connectivity index (χ1v) is 10.6. The number of aliphatic hydroxyl groups is 1. The number of allylic oxidation sites excluding steroid dienone is 1. The van der Waals surface area contributed by atoms with Gasteiger partial charge in [-0.1, -0.05) is 103 Å². The molecule has 0 spiro atoms. The van der Waals surface area contributed by atoms with Gasteiger partial charge in [-0.15, -0.1) is 0 Å². The third-order valence-electron chi connectivity index (χ3n) is 3.93. The van der Waals surface area contributed by atoms with Crippen LogP contribution in [0.15, 0.2) is 96.3 Å². The summed E-state index contributed by atoms with van der Waals surface area (Å²) in [7, 11) is 0. The molecule has 0 unspecified atom stereocenters. The first kappa shape index (κ1) is 17.2. The molecule has 0 aromatic heterocycles. The lowest BCUT2D eigenvalue weighted by molar-refractivity contribution is 0.511. The van der Waals surface area contributed by atoms with Crippen LogP contribution in [0.4, 0.5) is 0 Å². The second-order valence-electron chi connectivity index (χ2n) is 5.46. The van der Waals surface area contributed by atoms with E-state index in [9.17, 15) is 10.4 Å². The van der Waals surface area contributed by atoms with Crippen LogP contribution >= 0.6 is 6.04 Å². The Bertz CT molecular complexity index is 933. The van der Waals surface area contributed by atoms with Crippen molar-refractivity contribution in [2.24, 2.45) is 0 Å². The summed E-state index contributed by atoms with van der Waals surface area (Å²) in [6.07, 6.45) is 0. The number of aliphatic hydroxyl groups excluding tert-OH is 1. The topological polar surface area (TPSA) is 44.0 Å². The average Bonchev–Trinajstić information content (AvgIpc) is 2.70.